The van der Waals surface area contributed by atoms with Crippen molar-refractivity contribution in [1.82, 2.24) is 10.2 Å². The van der Waals surface area contributed by atoms with Crippen LogP contribution in [-0.4, -0.2) is 30.1 Å². The summed E-state index contributed by atoms with van der Waals surface area (Å²) in [7, 11) is 0. The zero-order valence-corrected chi connectivity index (χ0v) is 10.4. The molecule has 1 aliphatic carbocycles. The average molecular weight is 224 g/mol. The van der Waals surface area contributed by atoms with E-state index in [9.17, 15) is 4.79 Å². The van der Waals surface area contributed by atoms with Crippen molar-refractivity contribution in [3.8, 4) is 0 Å². The van der Waals surface area contributed by atoms with Crippen LogP contribution >= 0.6 is 0 Å². The van der Waals surface area contributed by atoms with Gasteiger partial charge in [0, 0.05) is 19.1 Å². The van der Waals surface area contributed by atoms with Crippen molar-refractivity contribution in [2.75, 3.05) is 13.1 Å². The van der Waals surface area contributed by atoms with Gasteiger partial charge in [0.05, 0.1) is 0 Å². The van der Waals surface area contributed by atoms with Crippen molar-refractivity contribution in [2.45, 2.75) is 57.9 Å². The van der Waals surface area contributed by atoms with Crippen LogP contribution in [0.15, 0.2) is 0 Å². The molecule has 2 amide bonds. The summed E-state index contributed by atoms with van der Waals surface area (Å²) in [6, 6.07) is 0.720. The van der Waals surface area contributed by atoms with Crippen LogP contribution in [0.25, 0.3) is 0 Å². The van der Waals surface area contributed by atoms with Gasteiger partial charge in [-0.05, 0) is 38.0 Å². The largest absolute Gasteiger partial charge is 0.338 e. The van der Waals surface area contributed by atoms with Crippen LogP contribution in [0.1, 0.15) is 51.9 Å². The van der Waals surface area contributed by atoms with Gasteiger partial charge in [-0.1, -0.05) is 19.8 Å². The Balaban J connectivity index is 1.93. The SMILES string of the molecule is CCCNC(=O)N1CCCC2CCCCC21. The topological polar surface area (TPSA) is 32.3 Å². The van der Waals surface area contributed by atoms with Crippen LogP contribution in [0.4, 0.5) is 4.79 Å². The van der Waals surface area contributed by atoms with Crippen molar-refractivity contribution < 1.29 is 4.79 Å². The molecule has 1 saturated heterocycles. The van der Waals surface area contributed by atoms with Gasteiger partial charge >= 0.3 is 6.03 Å². The molecule has 2 fully saturated rings. The number of nitrogens with one attached hydrogen (secondary N) is 1. The molecule has 2 aliphatic rings. The van der Waals surface area contributed by atoms with Gasteiger partial charge < -0.3 is 10.2 Å². The molecular formula is C13H24N2O. The molecule has 0 bridgehead atoms. The van der Waals surface area contributed by atoms with E-state index in [1.54, 1.807) is 0 Å². The Morgan fingerprint density at radius 2 is 2.00 bits per heavy atom. The first-order valence-electron chi connectivity index (χ1n) is 6.87. The van der Waals surface area contributed by atoms with Gasteiger partial charge in [0.2, 0.25) is 0 Å². The Morgan fingerprint density at radius 1 is 1.25 bits per heavy atom. The molecule has 0 aromatic carbocycles. The first kappa shape index (κ1) is 11.7. The van der Waals surface area contributed by atoms with Crippen LogP contribution in [0.5, 0.6) is 0 Å². The molecule has 1 aliphatic heterocycles. The predicted octanol–water partition coefficient (Wildman–Crippen LogP) is 2.76. The quantitative estimate of drug-likeness (QED) is 0.768. The molecule has 3 nitrogen and oxygen atoms in total. The van der Waals surface area contributed by atoms with Crippen molar-refractivity contribution >= 4 is 6.03 Å². The third-order valence-electron chi connectivity index (χ3n) is 4.03. The summed E-state index contributed by atoms with van der Waals surface area (Å²) in [5, 5.41) is 3.02. The molecule has 2 unspecified atom stereocenters. The Morgan fingerprint density at radius 3 is 2.81 bits per heavy atom. The molecule has 1 heterocycles. The fourth-order valence-corrected chi connectivity index (χ4v) is 3.21. The van der Waals surface area contributed by atoms with E-state index in [4.69, 9.17) is 0 Å². The molecule has 16 heavy (non-hydrogen) atoms. The molecular weight excluding hydrogens is 200 g/mol. The summed E-state index contributed by atoms with van der Waals surface area (Å²) < 4.78 is 0. The Hall–Kier alpha value is -0.730. The van der Waals surface area contributed by atoms with Crippen LogP contribution in [0.3, 0.4) is 0 Å². The summed E-state index contributed by atoms with van der Waals surface area (Å²) in [5.74, 6) is 0.787. The highest BCUT2D eigenvalue weighted by molar-refractivity contribution is 5.74. The summed E-state index contributed by atoms with van der Waals surface area (Å²) >= 11 is 0. The summed E-state index contributed by atoms with van der Waals surface area (Å²) in [6.45, 7) is 3.88. The predicted molar refractivity (Wildman–Crippen MR) is 65.4 cm³/mol. The number of fused-ring (bicyclic) bond motifs is 1. The van der Waals surface area contributed by atoms with E-state index in [1.807, 2.05) is 0 Å². The third kappa shape index (κ3) is 2.50. The highest BCUT2D eigenvalue weighted by atomic mass is 16.2. The number of piperidine rings is 1. The van der Waals surface area contributed by atoms with E-state index in [-0.39, 0.29) is 6.03 Å². The minimum atomic E-state index is 0.179. The first-order valence-corrected chi connectivity index (χ1v) is 6.87. The van der Waals surface area contributed by atoms with Gasteiger partial charge in [-0.2, -0.15) is 0 Å². The van der Waals surface area contributed by atoms with E-state index < -0.39 is 0 Å². The Labute approximate surface area is 98.6 Å². The maximum absolute atomic E-state index is 12.0. The van der Waals surface area contributed by atoms with Crippen molar-refractivity contribution in [3.63, 3.8) is 0 Å². The van der Waals surface area contributed by atoms with Gasteiger partial charge in [0.25, 0.3) is 0 Å². The molecule has 0 radical (unpaired) electrons. The van der Waals surface area contributed by atoms with Gasteiger partial charge in [0.15, 0.2) is 0 Å². The number of hydrogen-bond acceptors (Lipinski definition) is 1. The van der Waals surface area contributed by atoms with E-state index in [0.29, 0.717) is 6.04 Å². The van der Waals surface area contributed by atoms with Crippen molar-refractivity contribution in [1.29, 1.82) is 0 Å². The lowest BCUT2D eigenvalue weighted by molar-refractivity contribution is 0.0843. The third-order valence-corrected chi connectivity index (χ3v) is 4.03. The Kier molecular flexibility index (Phi) is 4.08. The molecule has 2 rings (SSSR count). The number of hydrogen-bond donors (Lipinski definition) is 1. The van der Waals surface area contributed by atoms with Crippen molar-refractivity contribution in [3.05, 3.63) is 0 Å². The zero-order chi connectivity index (χ0) is 11.4. The molecule has 1 N–H and O–H groups in total. The number of rotatable bonds is 2. The molecule has 92 valence electrons. The normalized spacial score (nSPS) is 29.7. The molecule has 0 spiro atoms. The Bertz CT molecular complexity index is 240. The maximum atomic E-state index is 12.0. The van der Waals surface area contributed by atoms with Crippen LogP contribution in [0, 0.1) is 5.92 Å². The standard InChI is InChI=1S/C13H24N2O/c1-2-9-14-13(16)15-10-5-7-11-6-3-4-8-12(11)15/h11-12H,2-10H2,1H3,(H,14,16). The maximum Gasteiger partial charge on any atom is 0.317 e. The van der Waals surface area contributed by atoms with Crippen LogP contribution in [-0.2, 0) is 0 Å². The fourth-order valence-electron chi connectivity index (χ4n) is 3.21. The number of carbonyl (C=O) groups excluding carboxylic acids is 1. The van der Waals surface area contributed by atoms with Crippen LogP contribution in [0.2, 0.25) is 0 Å². The van der Waals surface area contributed by atoms with Gasteiger partial charge in [-0.15, -0.1) is 0 Å². The second-order valence-electron chi connectivity index (χ2n) is 5.18. The zero-order valence-electron chi connectivity index (χ0n) is 10.4. The van der Waals surface area contributed by atoms with Gasteiger partial charge in [-0.25, -0.2) is 4.79 Å². The summed E-state index contributed by atoms with van der Waals surface area (Å²) in [5.41, 5.74) is 0. The molecule has 0 aromatic rings. The number of urea groups is 1. The summed E-state index contributed by atoms with van der Waals surface area (Å²) in [4.78, 5) is 14.1. The highest BCUT2D eigenvalue weighted by Gasteiger charge is 2.35. The minimum absolute atomic E-state index is 0.179. The molecule has 2 atom stereocenters. The minimum Gasteiger partial charge on any atom is -0.338 e. The molecule has 0 aromatic heterocycles. The van der Waals surface area contributed by atoms with Gasteiger partial charge in [0.1, 0.15) is 0 Å². The van der Waals surface area contributed by atoms with E-state index in [1.165, 1.54) is 38.5 Å². The van der Waals surface area contributed by atoms with Crippen molar-refractivity contribution in [2.24, 2.45) is 5.92 Å². The lowest BCUT2D eigenvalue weighted by Gasteiger charge is -2.44. The fraction of sp³-hybridized carbons (Fsp3) is 0.923. The van der Waals surface area contributed by atoms with Gasteiger partial charge in [-0.3, -0.25) is 0 Å². The number of carbonyl (C=O) groups is 1. The van der Waals surface area contributed by atoms with E-state index >= 15 is 0 Å². The van der Waals surface area contributed by atoms with Crippen LogP contribution < -0.4 is 5.32 Å². The number of amides is 2. The smallest absolute Gasteiger partial charge is 0.317 e. The highest BCUT2D eigenvalue weighted by Crippen LogP contribution is 2.35. The number of likely N-dealkylation sites (tertiary alicyclic amines) is 1. The average Bonchev–Trinajstić information content (AvgIpc) is 2.35. The van der Waals surface area contributed by atoms with E-state index in [2.05, 4.69) is 17.1 Å². The lowest BCUT2D eigenvalue weighted by atomic mass is 9.78. The first-order chi connectivity index (χ1) is 7.83. The molecule has 1 saturated carbocycles. The second kappa shape index (κ2) is 5.55. The summed E-state index contributed by atoms with van der Waals surface area (Å²) in [6.07, 6.45) is 8.79. The number of nitrogens with zero attached hydrogens (tertiary/aromatic N) is 1. The van der Waals surface area contributed by atoms with E-state index in [0.717, 1.165) is 25.4 Å². The molecule has 3 heteroatoms. The second-order valence-corrected chi connectivity index (χ2v) is 5.18. The monoisotopic (exact) mass is 224 g/mol. The lowest BCUT2D eigenvalue weighted by Crippen LogP contribution is -2.53.